The molecule has 0 aromatic heterocycles. The number of rotatable bonds is 6. The summed E-state index contributed by atoms with van der Waals surface area (Å²) in [5.74, 6) is 0.568. The molecule has 0 aliphatic carbocycles. The van der Waals surface area contributed by atoms with Gasteiger partial charge in [0, 0.05) is 5.56 Å². The molecule has 0 heterocycles. The lowest BCUT2D eigenvalue weighted by molar-refractivity contribution is 0.303. The molecule has 0 aliphatic rings. The summed E-state index contributed by atoms with van der Waals surface area (Å²) < 4.78 is 19.8. The zero-order valence-electron chi connectivity index (χ0n) is 14.3. The van der Waals surface area contributed by atoms with Crippen LogP contribution in [-0.2, 0) is 13.0 Å². The summed E-state index contributed by atoms with van der Waals surface area (Å²) in [7, 11) is 0. The van der Waals surface area contributed by atoms with Crippen molar-refractivity contribution in [1.29, 1.82) is 0 Å². The maximum Gasteiger partial charge on any atom is 0.123 e. The van der Waals surface area contributed by atoms with Crippen LogP contribution >= 0.6 is 0 Å². The van der Waals surface area contributed by atoms with Crippen molar-refractivity contribution in [2.75, 3.05) is 6.54 Å². The minimum Gasteiger partial charge on any atom is -0.489 e. The van der Waals surface area contributed by atoms with E-state index in [1.54, 1.807) is 12.1 Å². The van der Waals surface area contributed by atoms with Gasteiger partial charge in [-0.15, -0.1) is 0 Å². The highest BCUT2D eigenvalue weighted by Gasteiger charge is 2.13. The molecule has 0 saturated carbocycles. The first kappa shape index (κ1) is 17.2. The van der Waals surface area contributed by atoms with Crippen LogP contribution in [0.15, 0.2) is 66.7 Å². The van der Waals surface area contributed by atoms with Crippen LogP contribution in [0.5, 0.6) is 5.75 Å². The van der Waals surface area contributed by atoms with E-state index in [0.717, 1.165) is 33.6 Å². The Morgan fingerprint density at radius 1 is 0.960 bits per heavy atom. The number of aryl methyl sites for hydroxylation is 1. The molecule has 0 unspecified atom stereocenters. The van der Waals surface area contributed by atoms with E-state index < -0.39 is 0 Å². The molecule has 2 N–H and O–H groups in total. The number of ether oxygens (including phenoxy) is 1. The predicted octanol–water partition coefficient (Wildman–Crippen LogP) is 4.88. The molecule has 25 heavy (non-hydrogen) atoms. The summed E-state index contributed by atoms with van der Waals surface area (Å²) in [5.41, 5.74) is 10.8. The quantitative estimate of drug-likeness (QED) is 0.697. The van der Waals surface area contributed by atoms with E-state index in [9.17, 15) is 4.39 Å². The molecular formula is C22H22FNO. The lowest BCUT2D eigenvalue weighted by Crippen LogP contribution is -2.07. The van der Waals surface area contributed by atoms with E-state index in [4.69, 9.17) is 10.5 Å². The van der Waals surface area contributed by atoms with E-state index >= 15 is 0 Å². The van der Waals surface area contributed by atoms with Gasteiger partial charge in [0.1, 0.15) is 18.2 Å². The van der Waals surface area contributed by atoms with Crippen molar-refractivity contribution in [3.05, 3.63) is 89.2 Å². The van der Waals surface area contributed by atoms with Crippen molar-refractivity contribution in [2.45, 2.75) is 20.0 Å². The van der Waals surface area contributed by atoms with Crippen molar-refractivity contribution in [2.24, 2.45) is 5.73 Å². The topological polar surface area (TPSA) is 35.2 Å². The second-order valence-corrected chi connectivity index (χ2v) is 6.11. The number of hydrogen-bond donors (Lipinski definition) is 1. The number of nitrogens with two attached hydrogens (primary N) is 1. The highest BCUT2D eigenvalue weighted by molar-refractivity contribution is 5.71. The first-order chi connectivity index (χ1) is 12.2. The van der Waals surface area contributed by atoms with Crippen LogP contribution in [0.25, 0.3) is 11.1 Å². The maximum atomic E-state index is 13.7. The first-order valence-electron chi connectivity index (χ1n) is 8.43. The molecule has 0 aliphatic heterocycles. The SMILES string of the molecule is Cc1cc(OCc2ccccc2)c(CCN)c(-c2cccc(F)c2)c1. The monoisotopic (exact) mass is 335 g/mol. The zero-order valence-corrected chi connectivity index (χ0v) is 14.3. The van der Waals surface area contributed by atoms with Gasteiger partial charge in [-0.05, 0) is 60.3 Å². The summed E-state index contributed by atoms with van der Waals surface area (Å²) in [6, 6.07) is 20.8. The molecule has 0 amide bonds. The van der Waals surface area contributed by atoms with Crippen molar-refractivity contribution in [3.63, 3.8) is 0 Å². The highest BCUT2D eigenvalue weighted by Crippen LogP contribution is 2.33. The van der Waals surface area contributed by atoms with Crippen LogP contribution in [0.3, 0.4) is 0 Å². The Labute approximate surface area is 148 Å². The second kappa shape index (κ2) is 7.95. The molecule has 3 heteroatoms. The van der Waals surface area contributed by atoms with E-state index in [1.807, 2.05) is 49.4 Å². The Balaban J connectivity index is 1.99. The van der Waals surface area contributed by atoms with Gasteiger partial charge in [-0.3, -0.25) is 0 Å². The summed E-state index contributed by atoms with van der Waals surface area (Å²) in [4.78, 5) is 0. The van der Waals surface area contributed by atoms with E-state index in [0.29, 0.717) is 19.6 Å². The molecule has 0 atom stereocenters. The molecule has 0 fully saturated rings. The van der Waals surface area contributed by atoms with Crippen molar-refractivity contribution in [1.82, 2.24) is 0 Å². The largest absolute Gasteiger partial charge is 0.489 e. The first-order valence-corrected chi connectivity index (χ1v) is 8.43. The molecule has 0 spiro atoms. The van der Waals surface area contributed by atoms with Gasteiger partial charge < -0.3 is 10.5 Å². The Bertz CT molecular complexity index is 846. The third kappa shape index (κ3) is 4.25. The third-order valence-electron chi connectivity index (χ3n) is 4.12. The van der Waals surface area contributed by atoms with Crippen LogP contribution in [0.2, 0.25) is 0 Å². The van der Waals surface area contributed by atoms with Crippen LogP contribution in [-0.4, -0.2) is 6.54 Å². The van der Waals surface area contributed by atoms with Gasteiger partial charge in [-0.25, -0.2) is 4.39 Å². The fraction of sp³-hybridized carbons (Fsp3) is 0.182. The standard InChI is InChI=1S/C22H22FNO/c1-16-12-21(18-8-5-9-19(23)14-18)20(10-11-24)22(13-16)25-15-17-6-3-2-4-7-17/h2-9,12-14H,10-11,15,24H2,1H3. The molecule has 128 valence electrons. The van der Waals surface area contributed by atoms with Crippen LogP contribution in [0.4, 0.5) is 4.39 Å². The maximum absolute atomic E-state index is 13.7. The van der Waals surface area contributed by atoms with Gasteiger partial charge in [0.15, 0.2) is 0 Å². The molecular weight excluding hydrogens is 313 g/mol. The molecule has 3 rings (SSSR count). The second-order valence-electron chi connectivity index (χ2n) is 6.11. The Kier molecular flexibility index (Phi) is 5.46. The van der Waals surface area contributed by atoms with Crippen molar-refractivity contribution < 1.29 is 9.13 Å². The third-order valence-corrected chi connectivity index (χ3v) is 4.12. The molecule has 0 radical (unpaired) electrons. The van der Waals surface area contributed by atoms with E-state index in [-0.39, 0.29) is 5.82 Å². The van der Waals surface area contributed by atoms with Crippen molar-refractivity contribution >= 4 is 0 Å². The molecule has 3 aromatic rings. The molecule has 2 nitrogen and oxygen atoms in total. The van der Waals surface area contributed by atoms with Gasteiger partial charge in [0.05, 0.1) is 0 Å². The van der Waals surface area contributed by atoms with E-state index in [2.05, 4.69) is 6.07 Å². The average Bonchev–Trinajstić information content (AvgIpc) is 2.62. The normalized spacial score (nSPS) is 10.7. The Morgan fingerprint density at radius 3 is 2.48 bits per heavy atom. The zero-order chi connectivity index (χ0) is 17.6. The summed E-state index contributed by atoms with van der Waals surface area (Å²) in [5, 5.41) is 0. The van der Waals surface area contributed by atoms with E-state index in [1.165, 1.54) is 6.07 Å². The van der Waals surface area contributed by atoms with Gasteiger partial charge in [-0.2, -0.15) is 0 Å². The van der Waals surface area contributed by atoms with Gasteiger partial charge >= 0.3 is 0 Å². The summed E-state index contributed by atoms with van der Waals surface area (Å²) in [6.07, 6.45) is 0.677. The van der Waals surface area contributed by atoms with Crippen LogP contribution < -0.4 is 10.5 Å². The lowest BCUT2D eigenvalue weighted by atomic mass is 9.94. The van der Waals surface area contributed by atoms with Crippen molar-refractivity contribution in [3.8, 4) is 16.9 Å². The summed E-state index contributed by atoms with van der Waals surface area (Å²) in [6.45, 7) is 3.02. The lowest BCUT2D eigenvalue weighted by Gasteiger charge is -2.17. The number of halogens is 1. The van der Waals surface area contributed by atoms with Gasteiger partial charge in [-0.1, -0.05) is 48.5 Å². The van der Waals surface area contributed by atoms with Gasteiger partial charge in [0.25, 0.3) is 0 Å². The fourth-order valence-electron chi connectivity index (χ4n) is 2.96. The number of benzene rings is 3. The molecule has 0 saturated heterocycles. The predicted molar refractivity (Wildman–Crippen MR) is 100 cm³/mol. The Hall–Kier alpha value is -2.65. The molecule has 3 aromatic carbocycles. The number of hydrogen-bond acceptors (Lipinski definition) is 2. The van der Waals surface area contributed by atoms with Crippen LogP contribution in [0, 0.1) is 12.7 Å². The van der Waals surface area contributed by atoms with Crippen LogP contribution in [0.1, 0.15) is 16.7 Å². The Morgan fingerprint density at radius 2 is 1.76 bits per heavy atom. The smallest absolute Gasteiger partial charge is 0.123 e. The highest BCUT2D eigenvalue weighted by atomic mass is 19.1. The minimum atomic E-state index is -0.246. The fourth-order valence-corrected chi connectivity index (χ4v) is 2.96. The average molecular weight is 335 g/mol. The molecule has 0 bridgehead atoms. The minimum absolute atomic E-state index is 0.246. The van der Waals surface area contributed by atoms with Gasteiger partial charge in [0.2, 0.25) is 0 Å². The summed E-state index contributed by atoms with van der Waals surface area (Å²) >= 11 is 0.